The second kappa shape index (κ2) is 7.06. The smallest absolute Gasteiger partial charge is 0.227 e. The van der Waals surface area contributed by atoms with Crippen molar-refractivity contribution in [2.45, 2.75) is 32.0 Å². The maximum atomic E-state index is 14.0. The Morgan fingerprint density at radius 2 is 1.96 bits per heavy atom. The minimum Gasteiger partial charge on any atom is -0.347 e. The molecule has 138 valence electrons. The molecule has 1 aromatic carbocycles. The molecule has 26 heavy (non-hydrogen) atoms. The quantitative estimate of drug-likeness (QED) is 0.826. The number of carbonyl (C=O) groups is 1. The topological polar surface area (TPSA) is 51.7 Å². The van der Waals surface area contributed by atoms with Gasteiger partial charge in [-0.25, -0.2) is 9.37 Å². The van der Waals surface area contributed by atoms with E-state index in [1.165, 1.54) is 17.4 Å². The van der Waals surface area contributed by atoms with Gasteiger partial charge in [-0.1, -0.05) is 12.1 Å². The lowest BCUT2D eigenvalue weighted by atomic mass is 10.0. The third kappa shape index (κ3) is 3.39. The average molecular weight is 376 g/mol. The first-order valence-corrected chi connectivity index (χ1v) is 9.65. The molecule has 0 bridgehead atoms. The van der Waals surface area contributed by atoms with Gasteiger partial charge < -0.3 is 14.4 Å². The fourth-order valence-corrected chi connectivity index (χ4v) is 4.55. The Balaban J connectivity index is 1.43. The molecule has 0 unspecified atom stereocenters. The van der Waals surface area contributed by atoms with Gasteiger partial charge in [-0.15, -0.1) is 11.3 Å². The van der Waals surface area contributed by atoms with E-state index in [0.717, 1.165) is 10.6 Å². The lowest BCUT2D eigenvalue weighted by Gasteiger charge is -2.37. The van der Waals surface area contributed by atoms with E-state index in [1.54, 1.807) is 18.2 Å². The van der Waals surface area contributed by atoms with Crippen LogP contribution in [0.3, 0.4) is 0 Å². The number of benzene rings is 1. The SMILES string of the molecule is Cc1nc(-c2ccccc2F)sc1CC(=O)N1CCC2(CC1)OCCO2. The number of hydrogen-bond acceptors (Lipinski definition) is 5. The van der Waals surface area contributed by atoms with Crippen molar-refractivity contribution >= 4 is 17.2 Å². The molecule has 3 heterocycles. The Labute approximate surface area is 155 Å². The molecule has 0 radical (unpaired) electrons. The van der Waals surface area contributed by atoms with E-state index in [9.17, 15) is 9.18 Å². The Morgan fingerprint density at radius 1 is 1.27 bits per heavy atom. The molecular weight excluding hydrogens is 355 g/mol. The van der Waals surface area contributed by atoms with Gasteiger partial charge in [-0.05, 0) is 19.1 Å². The molecule has 0 N–H and O–H groups in total. The van der Waals surface area contributed by atoms with Crippen LogP contribution < -0.4 is 0 Å². The number of aryl methyl sites for hydroxylation is 1. The number of carbonyl (C=O) groups excluding carboxylic acids is 1. The van der Waals surface area contributed by atoms with Gasteiger partial charge in [-0.2, -0.15) is 0 Å². The number of amides is 1. The summed E-state index contributed by atoms with van der Waals surface area (Å²) in [7, 11) is 0. The molecule has 1 spiro atoms. The van der Waals surface area contributed by atoms with Crippen LogP contribution in [-0.4, -0.2) is 47.9 Å². The van der Waals surface area contributed by atoms with Crippen molar-refractivity contribution in [3.8, 4) is 10.6 Å². The maximum absolute atomic E-state index is 14.0. The van der Waals surface area contributed by atoms with E-state index in [0.29, 0.717) is 56.1 Å². The van der Waals surface area contributed by atoms with Crippen LogP contribution in [0.2, 0.25) is 0 Å². The molecule has 2 aromatic rings. The summed E-state index contributed by atoms with van der Waals surface area (Å²) < 4.78 is 25.4. The Kier molecular flexibility index (Phi) is 4.77. The average Bonchev–Trinajstić information content (AvgIpc) is 3.23. The number of ether oxygens (including phenoxy) is 2. The summed E-state index contributed by atoms with van der Waals surface area (Å²) in [6, 6.07) is 6.58. The van der Waals surface area contributed by atoms with Gasteiger partial charge in [0, 0.05) is 36.4 Å². The van der Waals surface area contributed by atoms with E-state index in [2.05, 4.69) is 4.98 Å². The Bertz CT molecular complexity index is 807. The third-order valence-electron chi connectivity index (χ3n) is 5.00. The molecule has 2 aliphatic rings. The van der Waals surface area contributed by atoms with Crippen molar-refractivity contribution in [2.24, 2.45) is 0 Å². The van der Waals surface area contributed by atoms with Crippen molar-refractivity contribution in [3.05, 3.63) is 40.7 Å². The van der Waals surface area contributed by atoms with Crippen molar-refractivity contribution < 1.29 is 18.7 Å². The van der Waals surface area contributed by atoms with Gasteiger partial charge in [0.2, 0.25) is 5.91 Å². The number of piperidine rings is 1. The van der Waals surface area contributed by atoms with Crippen molar-refractivity contribution in [1.29, 1.82) is 0 Å². The third-order valence-corrected chi connectivity index (χ3v) is 6.19. The summed E-state index contributed by atoms with van der Waals surface area (Å²) in [5.74, 6) is -0.698. The summed E-state index contributed by atoms with van der Waals surface area (Å²) in [4.78, 5) is 19.9. The van der Waals surface area contributed by atoms with E-state index >= 15 is 0 Å². The second-order valence-corrected chi connectivity index (χ2v) is 7.76. The van der Waals surface area contributed by atoms with Crippen LogP contribution in [0.25, 0.3) is 10.6 Å². The molecule has 0 atom stereocenters. The molecule has 7 heteroatoms. The number of rotatable bonds is 3. The van der Waals surface area contributed by atoms with Crippen LogP contribution in [0.4, 0.5) is 4.39 Å². The van der Waals surface area contributed by atoms with Gasteiger partial charge in [-0.3, -0.25) is 4.79 Å². The van der Waals surface area contributed by atoms with Gasteiger partial charge >= 0.3 is 0 Å². The minimum absolute atomic E-state index is 0.0738. The van der Waals surface area contributed by atoms with E-state index < -0.39 is 5.79 Å². The zero-order valence-corrected chi connectivity index (χ0v) is 15.5. The van der Waals surface area contributed by atoms with E-state index in [4.69, 9.17) is 9.47 Å². The second-order valence-electron chi connectivity index (χ2n) is 6.67. The zero-order valence-electron chi connectivity index (χ0n) is 14.7. The molecule has 2 saturated heterocycles. The molecule has 2 fully saturated rings. The van der Waals surface area contributed by atoms with Crippen molar-refractivity contribution in [1.82, 2.24) is 9.88 Å². The summed E-state index contributed by atoms with van der Waals surface area (Å²) >= 11 is 1.39. The van der Waals surface area contributed by atoms with Crippen molar-refractivity contribution in [3.63, 3.8) is 0 Å². The zero-order chi connectivity index (χ0) is 18.1. The summed E-state index contributed by atoms with van der Waals surface area (Å²) in [5, 5.41) is 0.619. The standard InChI is InChI=1S/C19H21FN2O3S/c1-13-16(26-18(21-13)14-4-2-3-5-15(14)20)12-17(23)22-8-6-19(7-9-22)24-10-11-25-19/h2-5H,6-12H2,1H3. The van der Waals surface area contributed by atoms with Crippen LogP contribution in [0.1, 0.15) is 23.4 Å². The molecule has 0 aliphatic carbocycles. The molecule has 1 aromatic heterocycles. The lowest BCUT2D eigenvalue weighted by molar-refractivity contribution is -0.187. The molecular formula is C19H21FN2O3S. The van der Waals surface area contributed by atoms with Gasteiger partial charge in [0.1, 0.15) is 10.8 Å². The molecule has 1 amide bonds. The first-order chi connectivity index (χ1) is 12.6. The fourth-order valence-electron chi connectivity index (χ4n) is 3.47. The number of thiazole rings is 1. The van der Waals surface area contributed by atoms with Gasteiger partial charge in [0.05, 0.1) is 25.3 Å². The van der Waals surface area contributed by atoms with Crippen LogP contribution >= 0.6 is 11.3 Å². The van der Waals surface area contributed by atoms with Crippen LogP contribution in [-0.2, 0) is 20.7 Å². The Morgan fingerprint density at radius 3 is 2.65 bits per heavy atom. The number of halogens is 1. The fraction of sp³-hybridized carbons (Fsp3) is 0.474. The largest absolute Gasteiger partial charge is 0.347 e. The molecule has 0 saturated carbocycles. The molecule has 2 aliphatic heterocycles. The highest BCUT2D eigenvalue weighted by atomic mass is 32.1. The normalized spacial score (nSPS) is 19.2. The number of likely N-dealkylation sites (tertiary alicyclic amines) is 1. The lowest BCUT2D eigenvalue weighted by Crippen LogP contribution is -2.47. The van der Waals surface area contributed by atoms with Crippen LogP contribution in [0.15, 0.2) is 24.3 Å². The monoisotopic (exact) mass is 376 g/mol. The predicted octanol–water partition coefficient (Wildman–Crippen LogP) is 3.17. The minimum atomic E-state index is -0.477. The summed E-state index contributed by atoms with van der Waals surface area (Å²) in [6.45, 7) is 4.40. The van der Waals surface area contributed by atoms with E-state index in [1.807, 2.05) is 11.8 Å². The Hall–Kier alpha value is -1.83. The first-order valence-electron chi connectivity index (χ1n) is 8.83. The maximum Gasteiger partial charge on any atom is 0.227 e. The van der Waals surface area contributed by atoms with Crippen molar-refractivity contribution in [2.75, 3.05) is 26.3 Å². The summed E-state index contributed by atoms with van der Waals surface area (Å²) in [6.07, 6.45) is 1.72. The number of aromatic nitrogens is 1. The number of hydrogen-bond donors (Lipinski definition) is 0. The highest BCUT2D eigenvalue weighted by Crippen LogP contribution is 2.33. The summed E-state index contributed by atoms with van der Waals surface area (Å²) in [5.41, 5.74) is 1.27. The van der Waals surface area contributed by atoms with Gasteiger partial charge in [0.25, 0.3) is 0 Å². The van der Waals surface area contributed by atoms with E-state index in [-0.39, 0.29) is 11.7 Å². The molecule has 4 rings (SSSR count). The van der Waals surface area contributed by atoms with Crippen LogP contribution in [0, 0.1) is 12.7 Å². The highest BCUT2D eigenvalue weighted by Gasteiger charge is 2.40. The van der Waals surface area contributed by atoms with Crippen LogP contribution in [0.5, 0.6) is 0 Å². The number of nitrogens with zero attached hydrogens (tertiary/aromatic N) is 2. The van der Waals surface area contributed by atoms with Gasteiger partial charge in [0.15, 0.2) is 5.79 Å². The highest BCUT2D eigenvalue weighted by molar-refractivity contribution is 7.15. The molecule has 5 nitrogen and oxygen atoms in total. The predicted molar refractivity (Wildman–Crippen MR) is 96.4 cm³/mol. The first kappa shape index (κ1) is 17.6.